The average molecular weight is 514 g/mol. The van der Waals surface area contributed by atoms with Gasteiger partial charge < -0.3 is 0 Å². The molecule has 9 heteroatoms. The highest BCUT2D eigenvalue weighted by atomic mass is 16.2. The highest BCUT2D eigenvalue weighted by Crippen LogP contribution is 2.30. The number of nitrogens with zero attached hydrogens (tertiary/aromatic N) is 6. The molecule has 9 nitrogen and oxygen atoms in total. The van der Waals surface area contributed by atoms with Gasteiger partial charge in [0, 0.05) is 35.6 Å². The van der Waals surface area contributed by atoms with Gasteiger partial charge in [0.25, 0.3) is 0 Å². The first-order valence-corrected chi connectivity index (χ1v) is 13.7. The van der Waals surface area contributed by atoms with Gasteiger partial charge in [-0.2, -0.15) is 5.21 Å². The molecule has 5 rings (SSSR count). The fraction of sp³-hybridized carbons (Fsp3) is 0.448. The zero-order valence-electron chi connectivity index (χ0n) is 22.1. The van der Waals surface area contributed by atoms with Crippen molar-refractivity contribution < 1.29 is 4.79 Å². The normalized spacial score (nSPS) is 18.3. The number of hydrogen-bond acceptors (Lipinski definition) is 6. The topological polar surface area (TPSA) is 111 Å². The number of ketones is 1. The van der Waals surface area contributed by atoms with E-state index in [0.717, 1.165) is 73.0 Å². The summed E-state index contributed by atoms with van der Waals surface area (Å²) in [6.07, 6.45) is 11.2. The molecule has 198 valence electrons. The van der Waals surface area contributed by atoms with E-state index in [4.69, 9.17) is 4.98 Å². The zero-order valence-corrected chi connectivity index (χ0v) is 22.1. The van der Waals surface area contributed by atoms with Crippen LogP contribution >= 0.6 is 0 Å². The van der Waals surface area contributed by atoms with Gasteiger partial charge >= 0.3 is 5.69 Å². The molecule has 3 heterocycles. The van der Waals surface area contributed by atoms with E-state index in [9.17, 15) is 9.59 Å². The number of aromatic amines is 1. The second kappa shape index (κ2) is 11.7. The summed E-state index contributed by atoms with van der Waals surface area (Å²) >= 11 is 0. The molecular formula is C29H35N7O2. The molecule has 1 aliphatic rings. The Morgan fingerprint density at radius 1 is 1.05 bits per heavy atom. The van der Waals surface area contributed by atoms with Gasteiger partial charge in [-0.15, -0.1) is 10.2 Å². The number of H-pyrrole nitrogens is 1. The van der Waals surface area contributed by atoms with Crippen molar-refractivity contribution in [1.82, 2.24) is 34.7 Å². The van der Waals surface area contributed by atoms with Crippen LogP contribution in [-0.2, 0) is 17.8 Å². The zero-order chi connectivity index (χ0) is 26.5. The fourth-order valence-electron chi connectivity index (χ4n) is 5.51. The van der Waals surface area contributed by atoms with Crippen LogP contribution in [0, 0.1) is 5.92 Å². The highest BCUT2D eigenvalue weighted by molar-refractivity contribution is 5.83. The van der Waals surface area contributed by atoms with Gasteiger partial charge in [0.15, 0.2) is 5.78 Å². The Bertz CT molecular complexity index is 1420. The number of benzene rings is 1. The number of pyridine rings is 1. The van der Waals surface area contributed by atoms with E-state index < -0.39 is 0 Å². The molecule has 0 bridgehead atoms. The minimum absolute atomic E-state index is 0.103. The van der Waals surface area contributed by atoms with E-state index >= 15 is 0 Å². The van der Waals surface area contributed by atoms with Crippen molar-refractivity contribution in [2.24, 2.45) is 5.92 Å². The van der Waals surface area contributed by atoms with Crippen molar-refractivity contribution in [2.45, 2.75) is 77.8 Å². The monoisotopic (exact) mass is 513 g/mol. The number of nitrogens with one attached hydrogen (secondary N) is 1. The molecule has 0 radical (unpaired) electrons. The summed E-state index contributed by atoms with van der Waals surface area (Å²) in [5.41, 5.74) is 4.34. The van der Waals surface area contributed by atoms with Crippen LogP contribution in [-0.4, -0.2) is 40.5 Å². The molecule has 2 atom stereocenters. The molecule has 1 N–H and O–H groups in total. The van der Waals surface area contributed by atoms with Crippen LogP contribution < -0.4 is 5.69 Å². The summed E-state index contributed by atoms with van der Waals surface area (Å²) in [7, 11) is 0. The van der Waals surface area contributed by atoms with Crippen LogP contribution in [0.25, 0.3) is 22.6 Å². The van der Waals surface area contributed by atoms with Gasteiger partial charge in [-0.05, 0) is 48.4 Å². The Morgan fingerprint density at radius 2 is 1.89 bits per heavy atom. The van der Waals surface area contributed by atoms with Crippen LogP contribution in [0.15, 0.2) is 53.6 Å². The number of tetrazole rings is 1. The van der Waals surface area contributed by atoms with E-state index in [-0.39, 0.29) is 23.4 Å². The van der Waals surface area contributed by atoms with Gasteiger partial charge in [0.2, 0.25) is 5.82 Å². The third-order valence-electron chi connectivity index (χ3n) is 7.58. The lowest BCUT2D eigenvalue weighted by Gasteiger charge is -2.25. The van der Waals surface area contributed by atoms with Gasteiger partial charge in [0.05, 0.1) is 18.3 Å². The maximum Gasteiger partial charge on any atom is 0.329 e. The first-order valence-electron chi connectivity index (χ1n) is 13.7. The Balaban J connectivity index is 1.45. The number of Topliss-reactive ketones (excluding diaryl/α,β-unsaturated/α-hetero) is 1. The minimum Gasteiger partial charge on any atom is -0.297 e. The number of rotatable bonds is 8. The summed E-state index contributed by atoms with van der Waals surface area (Å²) in [6.45, 7) is 4.67. The van der Waals surface area contributed by atoms with Gasteiger partial charge in [-0.3, -0.25) is 18.9 Å². The molecule has 1 aliphatic carbocycles. The largest absolute Gasteiger partial charge is 0.329 e. The molecular weight excluding hydrogens is 478 g/mol. The molecule has 38 heavy (non-hydrogen) atoms. The predicted molar refractivity (Wildman–Crippen MR) is 146 cm³/mol. The second-order valence-corrected chi connectivity index (χ2v) is 10.3. The molecule has 0 saturated heterocycles. The molecule has 2 unspecified atom stereocenters. The molecule has 1 fully saturated rings. The molecule has 0 amide bonds. The van der Waals surface area contributed by atoms with Crippen LogP contribution in [0.2, 0.25) is 0 Å². The number of aryl methyl sites for hydroxylation is 1. The smallest absolute Gasteiger partial charge is 0.297 e. The molecule has 0 aliphatic heterocycles. The number of aromatic nitrogens is 7. The summed E-state index contributed by atoms with van der Waals surface area (Å²) in [5, 5.41) is 14.4. The lowest BCUT2D eigenvalue weighted by Crippen LogP contribution is -2.35. The van der Waals surface area contributed by atoms with Gasteiger partial charge in [-0.25, -0.2) is 4.79 Å². The molecule has 0 spiro atoms. The van der Waals surface area contributed by atoms with Gasteiger partial charge in [-0.1, -0.05) is 63.4 Å². The van der Waals surface area contributed by atoms with Crippen molar-refractivity contribution in [3.8, 4) is 22.6 Å². The van der Waals surface area contributed by atoms with Crippen LogP contribution in [0.3, 0.4) is 0 Å². The number of carbonyl (C=O) groups is 1. The van der Waals surface area contributed by atoms with Gasteiger partial charge in [0.1, 0.15) is 0 Å². The Labute approximate surface area is 222 Å². The highest BCUT2D eigenvalue weighted by Gasteiger charge is 2.30. The predicted octanol–water partition coefficient (Wildman–Crippen LogP) is 4.99. The molecule has 4 aromatic rings. The van der Waals surface area contributed by atoms with Crippen molar-refractivity contribution in [3.05, 3.63) is 70.5 Å². The third kappa shape index (κ3) is 5.37. The molecule has 1 aromatic carbocycles. The number of carbonyl (C=O) groups excluding carboxylic acids is 1. The van der Waals surface area contributed by atoms with Crippen molar-refractivity contribution in [2.75, 3.05) is 0 Å². The van der Waals surface area contributed by atoms with Crippen molar-refractivity contribution in [3.63, 3.8) is 0 Å². The Kier molecular flexibility index (Phi) is 7.91. The minimum atomic E-state index is -0.383. The van der Waals surface area contributed by atoms with Crippen LogP contribution in [0.4, 0.5) is 0 Å². The summed E-state index contributed by atoms with van der Waals surface area (Å²) in [6, 6.07) is 11.4. The number of unbranched alkanes of at least 4 members (excludes halogenated alkanes) is 1. The lowest BCUT2D eigenvalue weighted by molar-refractivity contribution is -0.124. The standard InChI is InChI=1S/C29H35N7O2/c1-3-4-11-22-19-36(27-20(2)10-6-5-7-14-26(27)37)29(38)35(22)18-21-15-16-25(30-17-21)23-12-8-9-13-24(23)28-31-33-34-32-28/h8-9,12-13,15-17,19-20,27H,3-7,10-11,14,18H2,1-2H3,(H,31,32,33,34). The number of imidazole rings is 1. The molecule has 1 saturated carbocycles. The van der Waals surface area contributed by atoms with E-state index in [1.54, 1.807) is 4.57 Å². The maximum absolute atomic E-state index is 13.7. The maximum atomic E-state index is 13.7. The van der Waals surface area contributed by atoms with Crippen molar-refractivity contribution in [1.29, 1.82) is 0 Å². The molecule has 3 aromatic heterocycles. The Hall–Kier alpha value is -3.88. The fourth-order valence-corrected chi connectivity index (χ4v) is 5.51. The second-order valence-electron chi connectivity index (χ2n) is 10.3. The Morgan fingerprint density at radius 3 is 2.63 bits per heavy atom. The van der Waals surface area contributed by atoms with Crippen LogP contribution in [0.1, 0.15) is 76.1 Å². The van der Waals surface area contributed by atoms with E-state index in [0.29, 0.717) is 18.8 Å². The van der Waals surface area contributed by atoms with E-state index in [2.05, 4.69) is 34.5 Å². The third-order valence-corrected chi connectivity index (χ3v) is 7.58. The quantitative estimate of drug-likeness (QED) is 0.355. The SMILES string of the molecule is CCCCc1cn(C2C(=O)CCCCCC2C)c(=O)n1Cc1ccc(-c2ccccc2-c2nn[nH]n2)nc1. The van der Waals surface area contributed by atoms with E-state index in [1.807, 2.05) is 53.4 Å². The number of hydrogen-bond donors (Lipinski definition) is 1. The van der Waals surface area contributed by atoms with E-state index in [1.165, 1.54) is 0 Å². The average Bonchev–Trinajstić information content (AvgIpc) is 3.56. The first-order chi connectivity index (χ1) is 18.6. The summed E-state index contributed by atoms with van der Waals surface area (Å²) in [5.74, 6) is 0.846. The summed E-state index contributed by atoms with van der Waals surface area (Å²) < 4.78 is 3.56. The first kappa shape index (κ1) is 25.8. The summed E-state index contributed by atoms with van der Waals surface area (Å²) in [4.78, 5) is 31.6. The van der Waals surface area contributed by atoms with Crippen molar-refractivity contribution >= 4 is 5.78 Å². The van der Waals surface area contributed by atoms with Crippen LogP contribution in [0.5, 0.6) is 0 Å². The lowest BCUT2D eigenvalue weighted by atomic mass is 9.87.